The summed E-state index contributed by atoms with van der Waals surface area (Å²) in [6, 6.07) is 17.1. The van der Waals surface area contributed by atoms with Crippen LogP contribution in [0.4, 0.5) is 24.7 Å². The number of carbonyl (C=O) groups is 4. The lowest BCUT2D eigenvalue weighted by atomic mass is 9.49. The monoisotopic (exact) mass is 820 g/mol. The molecule has 6 atom stereocenters. The first-order chi connectivity index (χ1) is 27.1. The van der Waals surface area contributed by atoms with E-state index in [1.54, 1.807) is 36.4 Å². The highest BCUT2D eigenvalue weighted by molar-refractivity contribution is 6.58. The van der Waals surface area contributed by atoms with Gasteiger partial charge in [-0.05, 0) is 77.8 Å². The lowest BCUT2D eigenvalue weighted by Gasteiger charge is -2.50. The largest absolute Gasteiger partial charge is 0.504 e. The van der Waals surface area contributed by atoms with E-state index >= 15 is 4.79 Å². The Kier molecular flexibility index (Phi) is 9.38. The van der Waals surface area contributed by atoms with Crippen LogP contribution in [0.2, 0.25) is 10.0 Å². The van der Waals surface area contributed by atoms with Gasteiger partial charge in [-0.15, -0.1) is 0 Å². The van der Waals surface area contributed by atoms with Gasteiger partial charge in [-0.3, -0.25) is 29.5 Å². The first kappa shape index (κ1) is 38.5. The number of aromatic nitrogens is 1. The molecule has 57 heavy (non-hydrogen) atoms. The van der Waals surface area contributed by atoms with E-state index in [1.807, 2.05) is 0 Å². The SMILES string of the molecule is COc1ccc(C2C3=CCC4C(=O)N(c5cccc(B(O)O)c5)C(=O)C4C3CC3C(=O)N(Nc4ncc(C(F)(F)F)cc4Cl)C(=O)C32c2ccc(Cl)cc2)cc1O. The summed E-state index contributed by atoms with van der Waals surface area (Å²) in [6.07, 6.45) is -2.55. The van der Waals surface area contributed by atoms with Crippen molar-refractivity contribution >= 4 is 70.9 Å². The van der Waals surface area contributed by atoms with Crippen molar-refractivity contribution in [2.24, 2.45) is 23.7 Å². The maximum Gasteiger partial charge on any atom is 0.488 e. The van der Waals surface area contributed by atoms with Crippen LogP contribution in [0.1, 0.15) is 35.4 Å². The number of pyridine rings is 1. The van der Waals surface area contributed by atoms with Gasteiger partial charge in [-0.2, -0.15) is 18.2 Å². The summed E-state index contributed by atoms with van der Waals surface area (Å²) < 4.78 is 45.8. The smallest absolute Gasteiger partial charge is 0.488 e. The van der Waals surface area contributed by atoms with E-state index in [-0.39, 0.29) is 35.5 Å². The third-order valence-electron chi connectivity index (χ3n) is 11.5. The molecule has 0 bridgehead atoms. The zero-order chi connectivity index (χ0) is 40.7. The molecule has 292 valence electrons. The van der Waals surface area contributed by atoms with E-state index in [0.29, 0.717) is 39.0 Å². The molecule has 1 saturated carbocycles. The number of imide groups is 2. The molecule has 2 aliphatic carbocycles. The number of hydrogen-bond acceptors (Lipinski definition) is 10. The first-order valence-corrected chi connectivity index (χ1v) is 18.4. The van der Waals surface area contributed by atoms with E-state index in [4.69, 9.17) is 27.9 Å². The van der Waals surface area contributed by atoms with Gasteiger partial charge in [0.15, 0.2) is 17.3 Å². The molecule has 3 fully saturated rings. The highest BCUT2D eigenvalue weighted by Gasteiger charge is 2.70. The molecular weight excluding hydrogens is 791 g/mol. The molecule has 3 aromatic carbocycles. The Morgan fingerprint density at radius 1 is 0.947 bits per heavy atom. The van der Waals surface area contributed by atoms with Gasteiger partial charge in [0, 0.05) is 17.1 Å². The summed E-state index contributed by atoms with van der Waals surface area (Å²) in [5.74, 6) is -8.40. The van der Waals surface area contributed by atoms with Gasteiger partial charge in [0.05, 0.1) is 46.6 Å². The molecule has 4 amide bonds. The van der Waals surface area contributed by atoms with Gasteiger partial charge < -0.3 is 19.9 Å². The van der Waals surface area contributed by atoms with Gasteiger partial charge in [0.1, 0.15) is 0 Å². The minimum absolute atomic E-state index is 0.0527. The Labute approximate surface area is 332 Å². The van der Waals surface area contributed by atoms with Gasteiger partial charge in [0.2, 0.25) is 11.8 Å². The molecule has 12 nitrogen and oxygen atoms in total. The predicted molar refractivity (Wildman–Crippen MR) is 200 cm³/mol. The second-order valence-electron chi connectivity index (χ2n) is 14.3. The fraction of sp³-hybridized carbons (Fsp3) is 0.256. The zero-order valence-electron chi connectivity index (χ0n) is 29.6. The third kappa shape index (κ3) is 5.96. The number of ether oxygens (including phenoxy) is 1. The number of phenols is 1. The molecule has 4 aromatic rings. The number of benzene rings is 3. The highest BCUT2D eigenvalue weighted by atomic mass is 35.5. The van der Waals surface area contributed by atoms with Crippen LogP contribution in [-0.2, 0) is 30.8 Å². The van der Waals surface area contributed by atoms with Gasteiger partial charge in [0.25, 0.3) is 11.8 Å². The van der Waals surface area contributed by atoms with E-state index in [1.165, 1.54) is 43.5 Å². The fourth-order valence-corrected chi connectivity index (χ4v) is 9.46. The van der Waals surface area contributed by atoms with Crippen LogP contribution in [-0.4, -0.2) is 63.0 Å². The number of methoxy groups -OCH3 is 1. The molecule has 6 unspecified atom stereocenters. The van der Waals surface area contributed by atoms with Crippen molar-refractivity contribution in [1.29, 1.82) is 0 Å². The number of hydrogen-bond donors (Lipinski definition) is 4. The molecule has 8 rings (SSSR count). The van der Waals surface area contributed by atoms with Crippen LogP contribution in [0, 0.1) is 23.7 Å². The lowest BCUT2D eigenvalue weighted by molar-refractivity contribution is -0.139. The van der Waals surface area contributed by atoms with E-state index < -0.39 is 88.3 Å². The van der Waals surface area contributed by atoms with Crippen molar-refractivity contribution < 1.29 is 52.2 Å². The van der Waals surface area contributed by atoms with Crippen molar-refractivity contribution in [3.05, 3.63) is 117 Å². The number of phenolic OH excluding ortho intramolecular Hbond substituents is 1. The molecule has 0 spiro atoms. The molecule has 3 heterocycles. The predicted octanol–water partition coefficient (Wildman–Crippen LogP) is 4.99. The number of nitrogens with one attached hydrogen (secondary N) is 1. The zero-order valence-corrected chi connectivity index (χ0v) is 31.1. The summed E-state index contributed by atoms with van der Waals surface area (Å²) in [4.78, 5) is 63.6. The van der Waals surface area contributed by atoms with Crippen LogP contribution < -0.4 is 20.5 Å². The lowest BCUT2D eigenvalue weighted by Crippen LogP contribution is -2.53. The molecule has 2 saturated heterocycles. The van der Waals surface area contributed by atoms with Crippen LogP contribution in [0.5, 0.6) is 11.5 Å². The number of fused-ring (bicyclic) bond motifs is 4. The van der Waals surface area contributed by atoms with Crippen LogP contribution in [0.3, 0.4) is 0 Å². The number of halogens is 5. The number of allylic oxidation sites excluding steroid dienone is 2. The Bertz CT molecular complexity index is 2400. The Hall–Kier alpha value is -5.42. The molecular formula is C39H30BCl2F3N4O8. The normalized spacial score (nSPS) is 25.5. The van der Waals surface area contributed by atoms with E-state index in [2.05, 4.69) is 10.4 Å². The van der Waals surface area contributed by atoms with Crippen molar-refractivity contribution in [3.63, 3.8) is 0 Å². The Morgan fingerprint density at radius 3 is 2.33 bits per heavy atom. The molecule has 2 aliphatic heterocycles. The van der Waals surface area contributed by atoms with E-state index in [0.717, 1.165) is 4.90 Å². The molecule has 4 aliphatic rings. The molecule has 0 radical (unpaired) electrons. The number of hydrazine groups is 1. The number of carbonyl (C=O) groups excluding carboxylic acids is 4. The third-order valence-corrected chi connectivity index (χ3v) is 12.1. The quantitative estimate of drug-likeness (QED) is 0.113. The number of nitrogens with zero attached hydrogens (tertiary/aromatic N) is 3. The highest BCUT2D eigenvalue weighted by Crippen LogP contribution is 2.64. The maximum absolute atomic E-state index is 15.3. The fourth-order valence-electron chi connectivity index (χ4n) is 9.12. The number of anilines is 2. The number of amides is 4. The minimum atomic E-state index is -4.78. The van der Waals surface area contributed by atoms with Crippen LogP contribution >= 0.6 is 23.2 Å². The summed E-state index contributed by atoms with van der Waals surface area (Å²) in [7, 11) is -0.515. The van der Waals surface area contributed by atoms with Gasteiger partial charge >= 0.3 is 13.3 Å². The Morgan fingerprint density at radius 2 is 1.68 bits per heavy atom. The first-order valence-electron chi connectivity index (χ1n) is 17.6. The molecule has 1 aromatic heterocycles. The average Bonchev–Trinajstić information content (AvgIpc) is 3.56. The van der Waals surface area contributed by atoms with Crippen molar-refractivity contribution in [3.8, 4) is 11.5 Å². The van der Waals surface area contributed by atoms with Crippen molar-refractivity contribution in [2.45, 2.75) is 30.4 Å². The summed E-state index contributed by atoms with van der Waals surface area (Å²) in [6.45, 7) is 0. The van der Waals surface area contributed by atoms with Gasteiger partial charge in [-0.25, -0.2) is 4.98 Å². The van der Waals surface area contributed by atoms with Crippen molar-refractivity contribution in [2.75, 3.05) is 17.4 Å². The summed E-state index contributed by atoms with van der Waals surface area (Å²) in [5.41, 5.74) is 1.01. The van der Waals surface area contributed by atoms with Crippen LogP contribution in [0.15, 0.2) is 90.6 Å². The Balaban J connectivity index is 1.30. The standard InChI is InChI=1S/C39H30BCl2F3N4O8/c1-57-30-12-5-18(13-29(30)50)32-24-10-11-25-31(36(53)48(34(25)51)23-4-2-3-21(15-23)40(55)56)26(24)16-27-35(52)49(37(54)38(27,32)19-6-8-22(41)9-7-19)47-33-28(42)14-20(17-46-33)39(43,44)45/h2-10,12-15,17,25-27,31-32,50,55-56H,11,16H2,1H3,(H,46,47). The minimum Gasteiger partial charge on any atom is -0.504 e. The topological polar surface area (TPSA) is 170 Å². The maximum atomic E-state index is 15.3. The molecule has 18 heteroatoms. The molecule has 4 N–H and O–H groups in total. The van der Waals surface area contributed by atoms with E-state index in [9.17, 15) is 42.7 Å². The number of alkyl halides is 3. The van der Waals surface area contributed by atoms with Gasteiger partial charge in [-0.1, -0.05) is 65.2 Å². The summed E-state index contributed by atoms with van der Waals surface area (Å²) >= 11 is 12.6. The second-order valence-corrected chi connectivity index (χ2v) is 15.2. The van der Waals surface area contributed by atoms with Crippen molar-refractivity contribution in [1.82, 2.24) is 9.99 Å². The second kappa shape index (κ2) is 13.9. The summed E-state index contributed by atoms with van der Waals surface area (Å²) in [5, 5.41) is 31.2. The number of aromatic hydroxyl groups is 1. The van der Waals surface area contributed by atoms with Crippen LogP contribution in [0.25, 0.3) is 0 Å². The number of rotatable bonds is 7. The average molecular weight is 821 g/mol.